The first kappa shape index (κ1) is 22.6. The van der Waals surface area contributed by atoms with Gasteiger partial charge in [0.2, 0.25) is 5.91 Å². The monoisotopic (exact) mass is 472 g/mol. The van der Waals surface area contributed by atoms with Crippen molar-refractivity contribution in [3.8, 4) is 5.75 Å². The third kappa shape index (κ3) is 5.05. The molecule has 1 fully saturated rings. The van der Waals surface area contributed by atoms with Gasteiger partial charge in [-0.2, -0.15) is 0 Å². The fourth-order valence-electron chi connectivity index (χ4n) is 3.83. The van der Waals surface area contributed by atoms with Crippen LogP contribution < -0.4 is 10.1 Å². The zero-order valence-electron chi connectivity index (χ0n) is 17.8. The second kappa shape index (κ2) is 10.3. The topological polar surface area (TPSA) is 67.9 Å². The number of carbonyl (C=O) groups excluding carboxylic acids is 2. The van der Waals surface area contributed by atoms with E-state index in [2.05, 4.69) is 5.32 Å². The quantitative estimate of drug-likeness (QED) is 0.469. The highest BCUT2D eigenvalue weighted by molar-refractivity contribution is 8.00. The number of nitrogens with zero attached hydrogens (tertiary/aromatic N) is 1. The molecule has 0 aromatic heterocycles. The highest BCUT2D eigenvalue weighted by Crippen LogP contribution is 2.40. The Morgan fingerprint density at radius 1 is 1.12 bits per heavy atom. The number of halogens is 1. The Kier molecular flexibility index (Phi) is 7.27. The summed E-state index contributed by atoms with van der Waals surface area (Å²) in [6.07, 6.45) is 0.342. The van der Waals surface area contributed by atoms with Crippen LogP contribution in [0.4, 0.5) is 0 Å². The number of esters is 1. The van der Waals surface area contributed by atoms with Gasteiger partial charge in [-0.15, -0.1) is 23.4 Å². The van der Waals surface area contributed by atoms with Gasteiger partial charge in [0.15, 0.2) is 0 Å². The molecule has 1 saturated heterocycles. The molecule has 0 radical (unpaired) electrons. The fraction of sp³-hybridized carbons (Fsp3) is 0.333. The maximum absolute atomic E-state index is 12.9. The number of amides is 1. The molecule has 0 aliphatic carbocycles. The van der Waals surface area contributed by atoms with Crippen LogP contribution >= 0.6 is 23.4 Å². The molecule has 8 heteroatoms. The van der Waals surface area contributed by atoms with E-state index in [-0.39, 0.29) is 35.8 Å². The van der Waals surface area contributed by atoms with Gasteiger partial charge in [0, 0.05) is 18.2 Å². The molecule has 32 heavy (non-hydrogen) atoms. The molecule has 0 unspecified atom stereocenters. The predicted molar refractivity (Wildman–Crippen MR) is 126 cm³/mol. The van der Waals surface area contributed by atoms with Crippen molar-refractivity contribution in [3.05, 3.63) is 77.0 Å². The van der Waals surface area contributed by atoms with Crippen molar-refractivity contribution < 1.29 is 19.1 Å². The number of ether oxygens (including phenoxy) is 2. The first-order valence-electron chi connectivity index (χ1n) is 10.4. The highest BCUT2D eigenvalue weighted by Gasteiger charge is 2.46. The maximum Gasteiger partial charge on any atom is 0.355 e. The van der Waals surface area contributed by atoms with Crippen molar-refractivity contribution in [1.82, 2.24) is 10.2 Å². The lowest BCUT2D eigenvalue weighted by Crippen LogP contribution is -2.66. The highest BCUT2D eigenvalue weighted by atomic mass is 35.5. The Labute approximate surface area is 196 Å². The number of hydrogen-bond acceptors (Lipinski definition) is 6. The van der Waals surface area contributed by atoms with E-state index in [0.29, 0.717) is 24.4 Å². The Hall–Kier alpha value is -2.64. The maximum atomic E-state index is 12.9. The molecule has 2 heterocycles. The van der Waals surface area contributed by atoms with Crippen LogP contribution in [0.3, 0.4) is 0 Å². The molecule has 2 atom stereocenters. The summed E-state index contributed by atoms with van der Waals surface area (Å²) in [5.74, 6) is 1.27. The average Bonchev–Trinajstić information content (AvgIpc) is 2.81. The van der Waals surface area contributed by atoms with Crippen molar-refractivity contribution in [1.29, 1.82) is 0 Å². The van der Waals surface area contributed by atoms with Crippen LogP contribution in [0.2, 0.25) is 0 Å². The van der Waals surface area contributed by atoms with Gasteiger partial charge in [0.1, 0.15) is 18.1 Å². The van der Waals surface area contributed by atoms with E-state index >= 15 is 0 Å². The molecular weight excluding hydrogens is 448 g/mol. The first-order valence-corrected chi connectivity index (χ1v) is 12.0. The number of carbonyl (C=O) groups is 2. The molecule has 0 saturated carbocycles. The van der Waals surface area contributed by atoms with Gasteiger partial charge < -0.3 is 19.7 Å². The number of nitrogens with one attached hydrogen (secondary N) is 1. The Bertz CT molecular complexity index is 997. The molecule has 2 aliphatic rings. The lowest BCUT2D eigenvalue weighted by atomic mass is 10.0. The number of benzene rings is 2. The van der Waals surface area contributed by atoms with Gasteiger partial charge in [-0.1, -0.05) is 42.5 Å². The zero-order valence-corrected chi connectivity index (χ0v) is 19.3. The summed E-state index contributed by atoms with van der Waals surface area (Å²) in [5, 5.41) is 3.11. The smallest absolute Gasteiger partial charge is 0.355 e. The van der Waals surface area contributed by atoms with Crippen LogP contribution in [-0.2, 0) is 27.4 Å². The van der Waals surface area contributed by atoms with E-state index in [1.165, 1.54) is 0 Å². The van der Waals surface area contributed by atoms with Crippen LogP contribution in [-0.4, -0.2) is 53.5 Å². The summed E-state index contributed by atoms with van der Waals surface area (Å²) in [6.45, 7) is 0.732. The van der Waals surface area contributed by atoms with Crippen LogP contribution in [0.5, 0.6) is 5.75 Å². The zero-order chi connectivity index (χ0) is 22.5. The summed E-state index contributed by atoms with van der Waals surface area (Å²) < 4.78 is 10.7. The Balaban J connectivity index is 1.35. The van der Waals surface area contributed by atoms with Gasteiger partial charge in [-0.05, 0) is 28.8 Å². The lowest BCUT2D eigenvalue weighted by Gasteiger charge is -2.52. The summed E-state index contributed by atoms with van der Waals surface area (Å²) in [4.78, 5) is 27.4. The van der Waals surface area contributed by atoms with E-state index in [9.17, 15) is 9.59 Å². The minimum absolute atomic E-state index is 0.00484. The molecule has 2 aromatic carbocycles. The average molecular weight is 473 g/mol. The molecule has 4 rings (SSSR count). The predicted octanol–water partition coefficient (Wildman–Crippen LogP) is 3.35. The minimum atomic E-state index is -0.379. The van der Waals surface area contributed by atoms with Gasteiger partial charge in [0.25, 0.3) is 0 Å². The van der Waals surface area contributed by atoms with Crippen molar-refractivity contribution in [2.24, 2.45) is 0 Å². The van der Waals surface area contributed by atoms with Crippen molar-refractivity contribution in [3.63, 3.8) is 0 Å². The summed E-state index contributed by atoms with van der Waals surface area (Å²) in [7, 11) is 1.61. The molecule has 2 aromatic rings. The van der Waals surface area contributed by atoms with Crippen molar-refractivity contribution in [2.45, 2.75) is 24.4 Å². The van der Waals surface area contributed by atoms with E-state index < -0.39 is 0 Å². The van der Waals surface area contributed by atoms with E-state index in [0.717, 1.165) is 22.4 Å². The molecule has 1 amide bonds. The van der Waals surface area contributed by atoms with E-state index in [1.54, 1.807) is 18.9 Å². The standard InChI is InChI=1S/C24H25ClN2O4S/c1-30-19-9-7-17(8-10-19)14-31-24(29)22-18(12-25)15-32-23-20(13-27(22)23)26-21(28)11-16-5-3-2-4-6-16/h2-10,20,23H,11-15H2,1H3,(H,26,28)/t20-,23-/m1/s1. The Morgan fingerprint density at radius 2 is 1.88 bits per heavy atom. The van der Waals surface area contributed by atoms with E-state index in [4.69, 9.17) is 21.1 Å². The largest absolute Gasteiger partial charge is 0.497 e. The normalized spacial score (nSPS) is 19.6. The minimum Gasteiger partial charge on any atom is -0.497 e. The van der Waals surface area contributed by atoms with Crippen molar-refractivity contribution >= 4 is 35.2 Å². The number of rotatable bonds is 8. The lowest BCUT2D eigenvalue weighted by molar-refractivity contribution is -0.143. The molecule has 0 spiro atoms. The third-order valence-electron chi connectivity index (χ3n) is 5.53. The van der Waals surface area contributed by atoms with Crippen LogP contribution in [0.1, 0.15) is 11.1 Å². The number of methoxy groups -OCH3 is 1. The van der Waals surface area contributed by atoms with Crippen LogP contribution in [0.15, 0.2) is 65.9 Å². The number of alkyl halides is 1. The molecule has 6 nitrogen and oxygen atoms in total. The number of fused-ring (bicyclic) bond motifs is 1. The second-order valence-corrected chi connectivity index (χ2v) is 9.07. The van der Waals surface area contributed by atoms with E-state index in [1.807, 2.05) is 59.5 Å². The van der Waals surface area contributed by atoms with Gasteiger partial charge in [-0.25, -0.2) is 4.79 Å². The Morgan fingerprint density at radius 3 is 2.56 bits per heavy atom. The third-order valence-corrected chi connectivity index (χ3v) is 7.30. The molecule has 2 aliphatic heterocycles. The summed E-state index contributed by atoms with van der Waals surface area (Å²) in [6, 6.07) is 17.0. The number of hydrogen-bond donors (Lipinski definition) is 1. The summed E-state index contributed by atoms with van der Waals surface area (Å²) >= 11 is 7.82. The molecule has 0 bridgehead atoms. The molecule has 1 N–H and O–H groups in total. The van der Waals surface area contributed by atoms with Gasteiger partial charge in [0.05, 0.1) is 24.9 Å². The van der Waals surface area contributed by atoms with Crippen LogP contribution in [0, 0.1) is 0 Å². The van der Waals surface area contributed by atoms with Crippen molar-refractivity contribution in [2.75, 3.05) is 25.3 Å². The second-order valence-electron chi connectivity index (χ2n) is 7.70. The molecule has 168 valence electrons. The van der Waals surface area contributed by atoms with Gasteiger partial charge in [-0.3, -0.25) is 4.79 Å². The van der Waals surface area contributed by atoms with Gasteiger partial charge >= 0.3 is 5.97 Å². The number of thioether (sulfide) groups is 1. The first-order chi connectivity index (χ1) is 15.6. The summed E-state index contributed by atoms with van der Waals surface area (Å²) in [5.41, 5.74) is 3.25. The fourth-order valence-corrected chi connectivity index (χ4v) is 5.53. The molecular formula is C24H25ClN2O4S. The SMILES string of the molecule is COc1ccc(COC(=O)C2=C(CCl)CS[C@@H]3[C@H](NC(=O)Cc4ccccc4)CN23)cc1. The van der Waals surface area contributed by atoms with Crippen LogP contribution in [0.25, 0.3) is 0 Å².